The Morgan fingerprint density at radius 1 is 1.00 bits per heavy atom. The van der Waals surface area contributed by atoms with E-state index in [1.807, 2.05) is 18.2 Å². The first-order valence-electron chi connectivity index (χ1n) is 7.55. The molecule has 0 atom stereocenters. The van der Waals surface area contributed by atoms with Crippen molar-refractivity contribution in [3.63, 3.8) is 0 Å². The molecule has 2 N–H and O–H groups in total. The molecular formula is C19H15BrN2O3. The number of rotatable bonds is 3. The number of fused-ring (bicyclic) bond motifs is 1. The summed E-state index contributed by atoms with van der Waals surface area (Å²) in [5.74, 6) is 0.289. The van der Waals surface area contributed by atoms with Crippen molar-refractivity contribution in [2.24, 2.45) is 0 Å². The lowest BCUT2D eigenvalue weighted by Crippen LogP contribution is -2.13. The van der Waals surface area contributed by atoms with Gasteiger partial charge in [-0.2, -0.15) is 0 Å². The van der Waals surface area contributed by atoms with Crippen molar-refractivity contribution in [2.45, 2.75) is 6.92 Å². The van der Waals surface area contributed by atoms with E-state index in [0.717, 1.165) is 10.0 Å². The lowest BCUT2D eigenvalue weighted by Gasteiger charge is -2.07. The van der Waals surface area contributed by atoms with E-state index >= 15 is 0 Å². The minimum Gasteiger partial charge on any atom is -0.464 e. The van der Waals surface area contributed by atoms with Gasteiger partial charge in [-0.3, -0.25) is 9.59 Å². The van der Waals surface area contributed by atoms with E-state index in [1.54, 1.807) is 36.4 Å². The molecule has 126 valence electrons. The van der Waals surface area contributed by atoms with Gasteiger partial charge in [0.05, 0.1) is 6.26 Å². The molecule has 0 saturated heterocycles. The molecule has 0 fully saturated rings. The summed E-state index contributed by atoms with van der Waals surface area (Å²) in [5, 5.41) is 5.50. The summed E-state index contributed by atoms with van der Waals surface area (Å²) in [6.07, 6.45) is 4.88. The highest BCUT2D eigenvalue weighted by atomic mass is 79.9. The third-order valence-electron chi connectivity index (χ3n) is 3.45. The number of amides is 2. The van der Waals surface area contributed by atoms with E-state index in [4.69, 9.17) is 4.74 Å². The zero-order valence-electron chi connectivity index (χ0n) is 13.4. The molecule has 0 aliphatic carbocycles. The molecule has 0 saturated carbocycles. The molecule has 0 spiro atoms. The molecule has 1 heterocycles. The summed E-state index contributed by atoms with van der Waals surface area (Å²) >= 11 is 3.41. The summed E-state index contributed by atoms with van der Waals surface area (Å²) in [6.45, 7) is 1.44. The van der Waals surface area contributed by atoms with Crippen LogP contribution in [0, 0.1) is 0 Å². The number of halogens is 1. The summed E-state index contributed by atoms with van der Waals surface area (Å²) in [6, 6.07) is 12.5. The van der Waals surface area contributed by atoms with Gasteiger partial charge in [-0.15, -0.1) is 0 Å². The van der Waals surface area contributed by atoms with E-state index in [1.165, 1.54) is 13.2 Å². The maximum absolute atomic E-state index is 12.5. The summed E-state index contributed by atoms with van der Waals surface area (Å²) in [5.41, 5.74) is 2.59. The summed E-state index contributed by atoms with van der Waals surface area (Å²) in [4.78, 5) is 23.5. The second-order valence-electron chi connectivity index (χ2n) is 5.42. The molecule has 2 aromatic carbocycles. The smallest absolute Gasteiger partial charge is 0.255 e. The van der Waals surface area contributed by atoms with Crippen molar-refractivity contribution in [3.8, 4) is 5.75 Å². The van der Waals surface area contributed by atoms with Crippen LogP contribution in [0.15, 0.2) is 64.8 Å². The molecule has 25 heavy (non-hydrogen) atoms. The fraction of sp³-hybridized carbons (Fsp3) is 0.0526. The molecule has 1 aliphatic heterocycles. The lowest BCUT2D eigenvalue weighted by atomic mass is 10.1. The molecule has 0 unspecified atom stereocenters. The van der Waals surface area contributed by atoms with Crippen LogP contribution < -0.4 is 15.4 Å². The van der Waals surface area contributed by atoms with Gasteiger partial charge in [-0.05, 0) is 54.6 Å². The number of anilines is 2. The van der Waals surface area contributed by atoms with Crippen LogP contribution in [0.4, 0.5) is 11.4 Å². The van der Waals surface area contributed by atoms with Gasteiger partial charge in [0, 0.05) is 33.9 Å². The zero-order valence-corrected chi connectivity index (χ0v) is 15.0. The van der Waals surface area contributed by atoms with E-state index in [0.29, 0.717) is 22.7 Å². The van der Waals surface area contributed by atoms with Crippen LogP contribution in [0.2, 0.25) is 0 Å². The Hall–Kier alpha value is -2.86. The lowest BCUT2D eigenvalue weighted by molar-refractivity contribution is -0.114. The van der Waals surface area contributed by atoms with Crippen molar-refractivity contribution in [2.75, 3.05) is 10.6 Å². The standard InChI is InChI=1S/C19H15BrN2O3/c1-12(23)21-16-3-5-17(6-4-16)22-19(24)13-8-9-25-18-7-2-15(20)11-14(18)10-13/h2-11H,1H3,(H,21,23)(H,22,24). The van der Waals surface area contributed by atoms with Gasteiger partial charge in [0.15, 0.2) is 0 Å². The van der Waals surface area contributed by atoms with Crippen molar-refractivity contribution in [3.05, 3.63) is 70.4 Å². The minimum absolute atomic E-state index is 0.143. The molecule has 6 heteroatoms. The van der Waals surface area contributed by atoms with Gasteiger partial charge in [0.1, 0.15) is 5.75 Å². The van der Waals surface area contributed by atoms with Crippen molar-refractivity contribution < 1.29 is 14.3 Å². The highest BCUT2D eigenvalue weighted by Crippen LogP contribution is 2.28. The van der Waals surface area contributed by atoms with Crippen LogP contribution >= 0.6 is 15.9 Å². The van der Waals surface area contributed by atoms with Crippen LogP contribution in [0.1, 0.15) is 12.5 Å². The first-order valence-corrected chi connectivity index (χ1v) is 8.34. The Morgan fingerprint density at radius 3 is 2.36 bits per heavy atom. The largest absolute Gasteiger partial charge is 0.464 e. The molecule has 0 bridgehead atoms. The Labute approximate surface area is 153 Å². The van der Waals surface area contributed by atoms with E-state index < -0.39 is 0 Å². The number of carbonyl (C=O) groups is 2. The highest BCUT2D eigenvalue weighted by Gasteiger charge is 2.12. The van der Waals surface area contributed by atoms with Gasteiger partial charge < -0.3 is 15.4 Å². The Balaban J connectivity index is 1.77. The van der Waals surface area contributed by atoms with Gasteiger partial charge in [-0.25, -0.2) is 0 Å². The molecule has 1 aliphatic rings. The normalized spacial score (nSPS) is 12.3. The third kappa shape index (κ3) is 4.36. The minimum atomic E-state index is -0.250. The summed E-state index contributed by atoms with van der Waals surface area (Å²) in [7, 11) is 0. The quantitative estimate of drug-likeness (QED) is 0.807. The van der Waals surface area contributed by atoms with Crippen molar-refractivity contribution in [1.29, 1.82) is 0 Å². The van der Waals surface area contributed by atoms with Gasteiger partial charge in [-0.1, -0.05) is 15.9 Å². The van der Waals surface area contributed by atoms with E-state index in [9.17, 15) is 9.59 Å². The maximum atomic E-state index is 12.5. The number of hydrogen-bond donors (Lipinski definition) is 2. The Morgan fingerprint density at radius 2 is 1.68 bits per heavy atom. The zero-order chi connectivity index (χ0) is 17.8. The first-order chi connectivity index (χ1) is 12.0. The monoisotopic (exact) mass is 398 g/mol. The molecule has 2 aromatic rings. The van der Waals surface area contributed by atoms with Crippen LogP contribution in [-0.4, -0.2) is 11.8 Å². The average Bonchev–Trinajstić information content (AvgIpc) is 2.78. The molecule has 3 rings (SSSR count). The number of nitrogens with one attached hydrogen (secondary N) is 2. The fourth-order valence-electron chi connectivity index (χ4n) is 2.32. The van der Waals surface area contributed by atoms with Crippen molar-refractivity contribution in [1.82, 2.24) is 0 Å². The van der Waals surface area contributed by atoms with Crippen LogP contribution in [-0.2, 0) is 9.59 Å². The van der Waals surface area contributed by atoms with Gasteiger partial charge >= 0.3 is 0 Å². The SMILES string of the molecule is CC(=O)Nc1ccc(NC(=O)C2=Cc3cc(Br)ccc3OC=C2)cc1. The van der Waals surface area contributed by atoms with Crippen LogP contribution in [0.3, 0.4) is 0 Å². The Bertz CT molecular complexity index is 886. The van der Waals surface area contributed by atoms with E-state index in [2.05, 4.69) is 26.6 Å². The number of ether oxygens (including phenoxy) is 1. The molecular weight excluding hydrogens is 384 g/mol. The van der Waals surface area contributed by atoms with Crippen LogP contribution in [0.25, 0.3) is 6.08 Å². The number of benzene rings is 2. The van der Waals surface area contributed by atoms with Crippen LogP contribution in [0.5, 0.6) is 5.75 Å². The first kappa shape index (κ1) is 17.0. The van der Waals surface area contributed by atoms with Gasteiger partial charge in [0.2, 0.25) is 5.91 Å². The molecule has 5 nitrogen and oxygen atoms in total. The Kier molecular flexibility index (Phi) is 5.00. The predicted octanol–water partition coefficient (Wildman–Crippen LogP) is 4.34. The number of carbonyl (C=O) groups excluding carboxylic acids is 2. The molecule has 2 amide bonds. The second kappa shape index (κ2) is 7.36. The molecule has 0 radical (unpaired) electrons. The average molecular weight is 399 g/mol. The maximum Gasteiger partial charge on any atom is 0.255 e. The second-order valence-corrected chi connectivity index (χ2v) is 6.33. The third-order valence-corrected chi connectivity index (χ3v) is 3.94. The topological polar surface area (TPSA) is 67.4 Å². The van der Waals surface area contributed by atoms with Gasteiger partial charge in [0.25, 0.3) is 5.91 Å². The van der Waals surface area contributed by atoms with Crippen molar-refractivity contribution >= 4 is 45.2 Å². The fourth-order valence-corrected chi connectivity index (χ4v) is 2.70. The summed E-state index contributed by atoms with van der Waals surface area (Å²) < 4.78 is 6.42. The predicted molar refractivity (Wildman–Crippen MR) is 101 cm³/mol. The van der Waals surface area contributed by atoms with E-state index in [-0.39, 0.29) is 11.8 Å². The highest BCUT2D eigenvalue weighted by molar-refractivity contribution is 9.10. The number of hydrogen-bond acceptors (Lipinski definition) is 3. The molecule has 0 aromatic heterocycles.